The zero-order valence-corrected chi connectivity index (χ0v) is 14.6. The molecule has 7 nitrogen and oxygen atoms in total. The number of rotatable bonds is 3. The maximum absolute atomic E-state index is 12.9. The van der Waals surface area contributed by atoms with Crippen LogP contribution in [0.15, 0.2) is 55.1 Å². The number of amides is 1. The third kappa shape index (κ3) is 3.15. The van der Waals surface area contributed by atoms with E-state index < -0.39 is 0 Å². The van der Waals surface area contributed by atoms with Crippen molar-refractivity contribution in [3.63, 3.8) is 0 Å². The van der Waals surface area contributed by atoms with E-state index in [-0.39, 0.29) is 5.91 Å². The number of benzene rings is 1. The first-order valence-corrected chi connectivity index (χ1v) is 8.61. The van der Waals surface area contributed by atoms with Gasteiger partial charge in [0.05, 0.1) is 0 Å². The molecule has 0 N–H and O–H groups in total. The van der Waals surface area contributed by atoms with Crippen LogP contribution in [0, 0.1) is 0 Å². The van der Waals surface area contributed by atoms with Crippen LogP contribution in [0.3, 0.4) is 0 Å². The van der Waals surface area contributed by atoms with Gasteiger partial charge in [-0.15, -0.1) is 0 Å². The van der Waals surface area contributed by atoms with E-state index >= 15 is 0 Å². The van der Waals surface area contributed by atoms with Crippen molar-refractivity contribution in [2.75, 3.05) is 31.1 Å². The quantitative estimate of drug-likeness (QED) is 0.722. The molecule has 0 unspecified atom stereocenters. The number of anilines is 1. The molecule has 0 atom stereocenters. The van der Waals surface area contributed by atoms with Crippen molar-refractivity contribution in [2.45, 2.75) is 0 Å². The van der Waals surface area contributed by atoms with Crippen molar-refractivity contribution >= 4 is 11.9 Å². The molecule has 0 spiro atoms. The zero-order chi connectivity index (χ0) is 17.9. The zero-order valence-electron chi connectivity index (χ0n) is 14.6. The van der Waals surface area contributed by atoms with Gasteiger partial charge in [-0.1, -0.05) is 12.1 Å². The van der Waals surface area contributed by atoms with Gasteiger partial charge in [0.15, 0.2) is 0 Å². The van der Waals surface area contributed by atoms with E-state index in [2.05, 4.69) is 19.9 Å². The number of aromatic nitrogens is 4. The van der Waals surface area contributed by atoms with Gasteiger partial charge in [0, 0.05) is 69.1 Å². The number of aryl methyl sites for hydroxylation is 1. The van der Waals surface area contributed by atoms with Gasteiger partial charge in [0.2, 0.25) is 5.95 Å². The smallest absolute Gasteiger partial charge is 0.253 e. The molecule has 0 saturated carbocycles. The third-order valence-corrected chi connectivity index (χ3v) is 4.59. The molecule has 7 heteroatoms. The predicted molar refractivity (Wildman–Crippen MR) is 98.8 cm³/mol. The molecule has 132 valence electrons. The SMILES string of the molecule is Cn1ccnc1-c1cccc(C(=O)N2CCN(c3ncccn3)CC2)c1. The van der Waals surface area contributed by atoms with Crippen molar-refractivity contribution in [1.82, 2.24) is 24.4 Å². The molecule has 26 heavy (non-hydrogen) atoms. The molecule has 3 aromatic rings. The molecular weight excluding hydrogens is 328 g/mol. The Morgan fingerprint density at radius 2 is 1.73 bits per heavy atom. The molecule has 3 heterocycles. The fourth-order valence-corrected chi connectivity index (χ4v) is 3.18. The molecule has 1 fully saturated rings. The van der Waals surface area contributed by atoms with Gasteiger partial charge in [-0.25, -0.2) is 15.0 Å². The Labute approximate surface area is 151 Å². The minimum Gasteiger partial charge on any atom is -0.337 e. The second-order valence-electron chi connectivity index (χ2n) is 6.27. The highest BCUT2D eigenvalue weighted by Crippen LogP contribution is 2.20. The molecule has 1 saturated heterocycles. The van der Waals surface area contributed by atoms with E-state index in [1.54, 1.807) is 24.7 Å². The molecule has 1 aliphatic heterocycles. The van der Waals surface area contributed by atoms with Gasteiger partial charge < -0.3 is 14.4 Å². The lowest BCUT2D eigenvalue weighted by Gasteiger charge is -2.34. The van der Waals surface area contributed by atoms with Crippen LogP contribution in [0.1, 0.15) is 10.4 Å². The van der Waals surface area contributed by atoms with Crippen LogP contribution in [0.2, 0.25) is 0 Å². The van der Waals surface area contributed by atoms with Gasteiger partial charge >= 0.3 is 0 Å². The molecule has 0 radical (unpaired) electrons. The van der Waals surface area contributed by atoms with E-state index in [1.165, 1.54) is 0 Å². The van der Waals surface area contributed by atoms with Gasteiger partial charge in [-0.05, 0) is 18.2 Å². The van der Waals surface area contributed by atoms with Crippen LogP contribution >= 0.6 is 0 Å². The number of hydrogen-bond donors (Lipinski definition) is 0. The summed E-state index contributed by atoms with van der Waals surface area (Å²) in [5, 5.41) is 0. The highest BCUT2D eigenvalue weighted by Gasteiger charge is 2.23. The van der Waals surface area contributed by atoms with Gasteiger partial charge in [0.25, 0.3) is 5.91 Å². The van der Waals surface area contributed by atoms with Crippen LogP contribution in [-0.2, 0) is 7.05 Å². The van der Waals surface area contributed by atoms with Crippen molar-refractivity contribution in [3.05, 3.63) is 60.7 Å². The largest absolute Gasteiger partial charge is 0.337 e. The Morgan fingerprint density at radius 1 is 0.962 bits per heavy atom. The fraction of sp³-hybridized carbons (Fsp3) is 0.263. The molecule has 1 amide bonds. The number of carbonyl (C=O) groups excluding carboxylic acids is 1. The summed E-state index contributed by atoms with van der Waals surface area (Å²) in [6.07, 6.45) is 7.13. The molecule has 0 bridgehead atoms. The average molecular weight is 348 g/mol. The summed E-state index contributed by atoms with van der Waals surface area (Å²) < 4.78 is 1.95. The van der Waals surface area contributed by atoms with E-state index in [0.29, 0.717) is 18.7 Å². The van der Waals surface area contributed by atoms with E-state index in [9.17, 15) is 4.79 Å². The summed E-state index contributed by atoms with van der Waals surface area (Å²) in [6.45, 7) is 2.77. The first-order chi connectivity index (χ1) is 12.7. The number of nitrogens with zero attached hydrogens (tertiary/aromatic N) is 6. The van der Waals surface area contributed by atoms with Crippen molar-refractivity contribution in [3.8, 4) is 11.4 Å². The monoisotopic (exact) mass is 348 g/mol. The molecule has 1 aromatic carbocycles. The highest BCUT2D eigenvalue weighted by atomic mass is 16.2. The number of piperazine rings is 1. The number of carbonyl (C=O) groups is 1. The maximum atomic E-state index is 12.9. The third-order valence-electron chi connectivity index (χ3n) is 4.59. The topological polar surface area (TPSA) is 67.2 Å². The number of hydrogen-bond acceptors (Lipinski definition) is 5. The normalized spacial score (nSPS) is 14.5. The second kappa shape index (κ2) is 6.95. The first-order valence-electron chi connectivity index (χ1n) is 8.61. The predicted octanol–water partition coefficient (Wildman–Crippen LogP) is 1.84. The molecule has 0 aliphatic carbocycles. The Morgan fingerprint density at radius 3 is 2.42 bits per heavy atom. The van der Waals surface area contributed by atoms with E-state index in [0.717, 1.165) is 30.4 Å². The summed E-state index contributed by atoms with van der Waals surface area (Å²) in [4.78, 5) is 29.8. The van der Waals surface area contributed by atoms with Crippen LogP contribution in [0.25, 0.3) is 11.4 Å². The average Bonchev–Trinajstić information content (AvgIpc) is 3.14. The lowest BCUT2D eigenvalue weighted by molar-refractivity contribution is 0.0746. The van der Waals surface area contributed by atoms with Gasteiger partial charge in [-0.2, -0.15) is 0 Å². The van der Waals surface area contributed by atoms with Gasteiger partial charge in [-0.3, -0.25) is 4.79 Å². The fourth-order valence-electron chi connectivity index (χ4n) is 3.18. The Balaban J connectivity index is 1.47. The summed E-state index contributed by atoms with van der Waals surface area (Å²) in [7, 11) is 1.95. The maximum Gasteiger partial charge on any atom is 0.253 e. The van der Waals surface area contributed by atoms with Crippen LogP contribution in [0.5, 0.6) is 0 Å². The summed E-state index contributed by atoms with van der Waals surface area (Å²) >= 11 is 0. The van der Waals surface area contributed by atoms with E-state index in [1.807, 2.05) is 47.0 Å². The van der Waals surface area contributed by atoms with Crippen molar-refractivity contribution in [2.24, 2.45) is 7.05 Å². The van der Waals surface area contributed by atoms with Crippen LogP contribution in [0.4, 0.5) is 5.95 Å². The summed E-state index contributed by atoms with van der Waals surface area (Å²) in [5.41, 5.74) is 1.63. The Kier molecular flexibility index (Phi) is 4.35. The van der Waals surface area contributed by atoms with E-state index in [4.69, 9.17) is 0 Å². The lowest BCUT2D eigenvalue weighted by atomic mass is 10.1. The minimum absolute atomic E-state index is 0.0506. The molecule has 4 rings (SSSR count). The standard InChI is InChI=1S/C19H20N6O/c1-23-9-8-20-17(23)15-4-2-5-16(14-15)18(26)24-10-12-25(13-11-24)19-21-6-3-7-22-19/h2-9,14H,10-13H2,1H3. The lowest BCUT2D eigenvalue weighted by Crippen LogP contribution is -2.49. The molecular formula is C19H20N6O. The van der Waals surface area contributed by atoms with Crippen LogP contribution in [-0.4, -0.2) is 56.5 Å². The van der Waals surface area contributed by atoms with Crippen LogP contribution < -0.4 is 4.90 Å². The molecule has 1 aliphatic rings. The highest BCUT2D eigenvalue weighted by molar-refractivity contribution is 5.95. The Hall–Kier alpha value is -3.22. The summed E-state index contributed by atoms with van der Waals surface area (Å²) in [6, 6.07) is 9.46. The molecule has 2 aromatic heterocycles. The minimum atomic E-state index is 0.0506. The van der Waals surface area contributed by atoms with Crippen molar-refractivity contribution < 1.29 is 4.79 Å². The second-order valence-corrected chi connectivity index (χ2v) is 6.27. The number of imidazole rings is 1. The van der Waals surface area contributed by atoms with Gasteiger partial charge in [0.1, 0.15) is 5.82 Å². The first kappa shape index (κ1) is 16.3. The summed E-state index contributed by atoms with van der Waals surface area (Å²) in [5.74, 6) is 1.62. The van der Waals surface area contributed by atoms with Crippen molar-refractivity contribution in [1.29, 1.82) is 0 Å². The Bertz CT molecular complexity index is 899.